The number of aromatic hydroxyl groups is 1. The Bertz CT molecular complexity index is 365. The van der Waals surface area contributed by atoms with E-state index in [2.05, 4.69) is 4.84 Å². The van der Waals surface area contributed by atoms with E-state index in [1.807, 2.05) is 0 Å². The van der Waals surface area contributed by atoms with Crippen LogP contribution in [0, 0.1) is 0 Å². The summed E-state index contributed by atoms with van der Waals surface area (Å²) in [5.74, 6) is 5.02. The molecule has 88 valence electrons. The summed E-state index contributed by atoms with van der Waals surface area (Å²) in [5.41, 5.74) is 0.769. The van der Waals surface area contributed by atoms with Gasteiger partial charge in [-0.1, -0.05) is 6.07 Å². The molecule has 0 spiro atoms. The lowest BCUT2D eigenvalue weighted by atomic mass is 10.1. The van der Waals surface area contributed by atoms with E-state index in [9.17, 15) is 9.90 Å². The Morgan fingerprint density at radius 3 is 2.81 bits per heavy atom. The normalized spacial score (nSPS) is 9.88. The van der Waals surface area contributed by atoms with Crippen LogP contribution in [0.5, 0.6) is 11.5 Å². The Morgan fingerprint density at radius 2 is 2.25 bits per heavy atom. The number of ether oxygens (including phenoxy) is 1. The van der Waals surface area contributed by atoms with Gasteiger partial charge in [0.1, 0.15) is 11.5 Å². The quantitative estimate of drug-likeness (QED) is 0.734. The number of methoxy groups -OCH3 is 1. The van der Waals surface area contributed by atoms with Crippen LogP contribution < -0.4 is 10.6 Å². The minimum atomic E-state index is -0.451. The van der Waals surface area contributed by atoms with Gasteiger partial charge in [-0.15, -0.1) is 0 Å². The Hall–Kier alpha value is -1.75. The van der Waals surface area contributed by atoms with Crippen molar-refractivity contribution in [1.82, 2.24) is 0 Å². The van der Waals surface area contributed by atoms with Gasteiger partial charge in [0.25, 0.3) is 0 Å². The van der Waals surface area contributed by atoms with Crippen molar-refractivity contribution in [3.63, 3.8) is 0 Å². The SMILES string of the molecule is COc1ccc(CCCC(=O)ON)c(O)c1. The Morgan fingerprint density at radius 1 is 1.50 bits per heavy atom. The highest BCUT2D eigenvalue weighted by Crippen LogP contribution is 2.24. The third-order valence-electron chi connectivity index (χ3n) is 2.25. The Labute approximate surface area is 93.7 Å². The highest BCUT2D eigenvalue weighted by atomic mass is 16.7. The van der Waals surface area contributed by atoms with E-state index in [0.717, 1.165) is 5.56 Å². The molecule has 0 aliphatic heterocycles. The molecule has 0 heterocycles. The van der Waals surface area contributed by atoms with Gasteiger partial charge in [-0.05, 0) is 24.5 Å². The lowest BCUT2D eigenvalue weighted by Crippen LogP contribution is -2.09. The van der Waals surface area contributed by atoms with Crippen molar-refractivity contribution in [2.45, 2.75) is 19.3 Å². The molecule has 0 saturated carbocycles. The summed E-state index contributed by atoms with van der Waals surface area (Å²) in [6.45, 7) is 0. The van der Waals surface area contributed by atoms with Gasteiger partial charge in [-0.2, -0.15) is 5.90 Å². The highest BCUT2D eigenvalue weighted by molar-refractivity contribution is 5.68. The van der Waals surface area contributed by atoms with Gasteiger partial charge < -0.3 is 14.7 Å². The van der Waals surface area contributed by atoms with E-state index < -0.39 is 5.97 Å². The molecule has 0 fully saturated rings. The van der Waals surface area contributed by atoms with Gasteiger partial charge in [0.05, 0.1) is 7.11 Å². The van der Waals surface area contributed by atoms with E-state index in [-0.39, 0.29) is 12.2 Å². The van der Waals surface area contributed by atoms with Crippen molar-refractivity contribution in [2.75, 3.05) is 7.11 Å². The highest BCUT2D eigenvalue weighted by Gasteiger charge is 2.05. The maximum Gasteiger partial charge on any atom is 0.324 e. The first-order valence-corrected chi connectivity index (χ1v) is 4.93. The molecule has 3 N–H and O–H groups in total. The smallest absolute Gasteiger partial charge is 0.324 e. The van der Waals surface area contributed by atoms with E-state index >= 15 is 0 Å². The summed E-state index contributed by atoms with van der Waals surface area (Å²) in [6, 6.07) is 5.06. The van der Waals surface area contributed by atoms with Crippen molar-refractivity contribution in [2.24, 2.45) is 5.90 Å². The van der Waals surface area contributed by atoms with Gasteiger partial charge in [-0.25, -0.2) is 0 Å². The second-order valence-electron chi connectivity index (χ2n) is 3.34. The average molecular weight is 225 g/mol. The summed E-state index contributed by atoms with van der Waals surface area (Å²) >= 11 is 0. The molecule has 5 nitrogen and oxygen atoms in total. The average Bonchev–Trinajstić information content (AvgIpc) is 2.30. The van der Waals surface area contributed by atoms with Gasteiger partial charge in [0.2, 0.25) is 0 Å². The molecule has 1 rings (SSSR count). The predicted molar refractivity (Wildman–Crippen MR) is 57.9 cm³/mol. The van der Waals surface area contributed by atoms with Gasteiger partial charge in [-0.3, -0.25) is 4.79 Å². The zero-order valence-electron chi connectivity index (χ0n) is 9.10. The van der Waals surface area contributed by atoms with Crippen LogP contribution in [0.1, 0.15) is 18.4 Å². The Kier molecular flexibility index (Phi) is 4.60. The van der Waals surface area contributed by atoms with E-state index in [1.165, 1.54) is 13.2 Å². The zero-order valence-corrected chi connectivity index (χ0v) is 9.10. The molecule has 1 aromatic carbocycles. The first kappa shape index (κ1) is 12.3. The number of rotatable bonds is 5. The second-order valence-corrected chi connectivity index (χ2v) is 3.34. The fourth-order valence-electron chi connectivity index (χ4n) is 1.36. The number of phenolic OH excluding ortho intramolecular Hbond substituents is 1. The van der Waals surface area contributed by atoms with Crippen molar-refractivity contribution < 1.29 is 19.5 Å². The molecule has 0 aromatic heterocycles. The molecule has 0 saturated heterocycles. The van der Waals surface area contributed by atoms with Gasteiger partial charge in [0.15, 0.2) is 0 Å². The maximum absolute atomic E-state index is 10.8. The van der Waals surface area contributed by atoms with E-state index in [4.69, 9.17) is 10.6 Å². The summed E-state index contributed by atoms with van der Waals surface area (Å²) in [5, 5.41) is 9.62. The van der Waals surface area contributed by atoms with Crippen molar-refractivity contribution >= 4 is 5.97 Å². The molecule has 1 aromatic rings. The summed E-state index contributed by atoms with van der Waals surface area (Å²) in [7, 11) is 1.53. The number of carbonyl (C=O) groups is 1. The lowest BCUT2D eigenvalue weighted by Gasteiger charge is -2.06. The van der Waals surface area contributed by atoms with E-state index in [1.54, 1.807) is 12.1 Å². The number of benzene rings is 1. The first-order valence-electron chi connectivity index (χ1n) is 4.93. The summed E-state index contributed by atoms with van der Waals surface area (Å²) < 4.78 is 4.96. The molecule has 0 bridgehead atoms. The summed E-state index contributed by atoms with van der Waals surface area (Å²) in [4.78, 5) is 14.8. The van der Waals surface area contributed by atoms with Crippen molar-refractivity contribution in [3.8, 4) is 11.5 Å². The monoisotopic (exact) mass is 225 g/mol. The Balaban J connectivity index is 2.51. The molecule has 5 heteroatoms. The number of aryl methyl sites for hydroxylation is 1. The van der Waals surface area contributed by atoms with Crippen molar-refractivity contribution in [1.29, 1.82) is 0 Å². The molecule has 0 amide bonds. The van der Waals surface area contributed by atoms with Crippen LogP contribution >= 0.6 is 0 Å². The van der Waals surface area contributed by atoms with Crippen LogP contribution in [-0.2, 0) is 16.1 Å². The molecule has 0 aliphatic carbocycles. The lowest BCUT2D eigenvalue weighted by molar-refractivity contribution is -0.144. The molecule has 0 radical (unpaired) electrons. The third-order valence-corrected chi connectivity index (χ3v) is 2.25. The molecule has 0 aliphatic rings. The van der Waals surface area contributed by atoms with Crippen LogP contribution in [0.4, 0.5) is 0 Å². The zero-order chi connectivity index (χ0) is 12.0. The number of phenols is 1. The molecular weight excluding hydrogens is 210 g/mol. The molecule has 0 unspecified atom stereocenters. The maximum atomic E-state index is 10.8. The van der Waals surface area contributed by atoms with Crippen LogP contribution in [0.2, 0.25) is 0 Å². The van der Waals surface area contributed by atoms with Crippen LogP contribution in [0.15, 0.2) is 18.2 Å². The fourth-order valence-corrected chi connectivity index (χ4v) is 1.36. The van der Waals surface area contributed by atoms with Crippen molar-refractivity contribution in [3.05, 3.63) is 23.8 Å². The standard InChI is InChI=1S/C11H15NO4/c1-15-9-6-5-8(10(13)7-9)3-2-4-11(14)16-12/h5-7,13H,2-4,12H2,1H3. The largest absolute Gasteiger partial charge is 0.508 e. The number of nitrogens with two attached hydrogens (primary N) is 1. The predicted octanol–water partition coefficient (Wildman–Crippen LogP) is 1.14. The minimum Gasteiger partial charge on any atom is -0.508 e. The molecule has 0 atom stereocenters. The fraction of sp³-hybridized carbons (Fsp3) is 0.364. The third kappa shape index (κ3) is 3.43. The molecular formula is C11H15NO4. The van der Waals surface area contributed by atoms with Crippen LogP contribution in [-0.4, -0.2) is 18.2 Å². The van der Waals surface area contributed by atoms with Gasteiger partial charge in [0, 0.05) is 12.5 Å². The number of carbonyl (C=O) groups excluding carboxylic acids is 1. The minimum absolute atomic E-state index is 0.167. The van der Waals surface area contributed by atoms with E-state index in [0.29, 0.717) is 18.6 Å². The topological polar surface area (TPSA) is 81.8 Å². The first-order chi connectivity index (χ1) is 7.67. The van der Waals surface area contributed by atoms with Gasteiger partial charge >= 0.3 is 5.97 Å². The van der Waals surface area contributed by atoms with Crippen LogP contribution in [0.3, 0.4) is 0 Å². The second kappa shape index (κ2) is 5.97. The summed E-state index contributed by atoms with van der Waals surface area (Å²) in [6.07, 6.45) is 1.41. The van der Waals surface area contributed by atoms with Crippen LogP contribution in [0.25, 0.3) is 0 Å². The molecule has 16 heavy (non-hydrogen) atoms. The number of hydrogen-bond donors (Lipinski definition) is 2. The number of hydrogen-bond acceptors (Lipinski definition) is 5.